The third-order valence-corrected chi connectivity index (χ3v) is 3.76. The van der Waals surface area contributed by atoms with Crippen molar-refractivity contribution >= 4 is 22.6 Å². The van der Waals surface area contributed by atoms with Crippen molar-refractivity contribution in [3.05, 3.63) is 42.0 Å². The lowest BCUT2D eigenvalue weighted by molar-refractivity contribution is -0.143. The lowest BCUT2D eigenvalue weighted by Gasteiger charge is -2.17. The van der Waals surface area contributed by atoms with Gasteiger partial charge in [-0.25, -0.2) is 4.79 Å². The van der Waals surface area contributed by atoms with Crippen molar-refractivity contribution in [3.63, 3.8) is 0 Å². The molecule has 0 bridgehead atoms. The number of rotatable bonds is 6. The van der Waals surface area contributed by atoms with Crippen molar-refractivity contribution in [2.75, 3.05) is 13.7 Å². The predicted molar refractivity (Wildman–Crippen MR) is 85.6 cm³/mol. The molecule has 6 nitrogen and oxygen atoms in total. The van der Waals surface area contributed by atoms with E-state index in [1.807, 2.05) is 36.4 Å². The van der Waals surface area contributed by atoms with E-state index in [1.165, 1.54) is 0 Å². The molecule has 6 heteroatoms. The van der Waals surface area contributed by atoms with Gasteiger partial charge in [-0.15, -0.1) is 0 Å². The second-order valence-corrected chi connectivity index (χ2v) is 5.28. The predicted octanol–water partition coefficient (Wildman–Crippen LogP) is 1.51. The minimum Gasteiger partial charge on any atom is -0.497 e. The molecule has 0 aromatic heterocycles. The molecule has 0 aliphatic carbocycles. The molecule has 1 unspecified atom stereocenters. The fraction of sp³-hybridized carbons (Fsp3) is 0.294. The highest BCUT2D eigenvalue weighted by Crippen LogP contribution is 2.25. The van der Waals surface area contributed by atoms with Crippen molar-refractivity contribution in [3.8, 4) is 5.75 Å². The lowest BCUT2D eigenvalue weighted by Crippen LogP contribution is -2.44. The van der Waals surface area contributed by atoms with Gasteiger partial charge in [0.1, 0.15) is 11.8 Å². The Kier molecular flexibility index (Phi) is 5.18. The molecule has 0 saturated carbocycles. The minimum atomic E-state index is -1.30. The van der Waals surface area contributed by atoms with Gasteiger partial charge in [0.25, 0.3) is 0 Å². The van der Waals surface area contributed by atoms with Gasteiger partial charge in [0, 0.05) is 0 Å². The lowest BCUT2D eigenvalue weighted by atomic mass is 9.96. The Bertz CT molecular complexity index is 728. The number of fused-ring (bicyclic) bond motifs is 1. The van der Waals surface area contributed by atoms with E-state index in [1.54, 1.807) is 14.0 Å². The number of aliphatic hydroxyl groups is 1. The highest BCUT2D eigenvalue weighted by molar-refractivity contribution is 5.90. The molecular weight excluding hydrogens is 298 g/mol. The number of carboxylic acids is 1. The number of hydrogen-bond acceptors (Lipinski definition) is 4. The summed E-state index contributed by atoms with van der Waals surface area (Å²) in [5, 5.41) is 22.1. The molecule has 2 aromatic carbocycles. The summed E-state index contributed by atoms with van der Waals surface area (Å²) < 4.78 is 5.17. The average molecular weight is 317 g/mol. The molecule has 0 heterocycles. The first-order chi connectivity index (χ1) is 11.0. The number of benzene rings is 2. The summed E-state index contributed by atoms with van der Waals surface area (Å²) in [4.78, 5) is 23.0. The number of aliphatic hydroxyl groups excluding tert-OH is 1. The smallest absolute Gasteiger partial charge is 0.328 e. The number of nitrogens with one attached hydrogen (secondary N) is 1. The number of amides is 1. The van der Waals surface area contributed by atoms with E-state index < -0.39 is 30.4 Å². The molecule has 23 heavy (non-hydrogen) atoms. The van der Waals surface area contributed by atoms with Crippen LogP contribution in [0.4, 0.5) is 0 Å². The number of carbonyl (C=O) groups is 2. The second-order valence-electron chi connectivity index (χ2n) is 5.28. The zero-order valence-corrected chi connectivity index (χ0v) is 12.9. The monoisotopic (exact) mass is 317 g/mol. The molecule has 0 spiro atoms. The van der Waals surface area contributed by atoms with Gasteiger partial charge in [-0.3, -0.25) is 4.79 Å². The molecule has 3 N–H and O–H groups in total. The largest absolute Gasteiger partial charge is 0.497 e. The van der Waals surface area contributed by atoms with E-state index in [-0.39, 0.29) is 0 Å². The molecular formula is C17H19NO5. The van der Waals surface area contributed by atoms with Crippen molar-refractivity contribution in [2.24, 2.45) is 0 Å². The zero-order chi connectivity index (χ0) is 17.0. The van der Waals surface area contributed by atoms with E-state index in [9.17, 15) is 9.59 Å². The first kappa shape index (κ1) is 16.8. The van der Waals surface area contributed by atoms with Gasteiger partial charge in [0.2, 0.25) is 5.91 Å². The Morgan fingerprint density at radius 3 is 2.43 bits per heavy atom. The van der Waals surface area contributed by atoms with Crippen LogP contribution < -0.4 is 10.1 Å². The topological polar surface area (TPSA) is 95.9 Å². The van der Waals surface area contributed by atoms with E-state index in [4.69, 9.17) is 14.9 Å². The molecule has 0 fully saturated rings. The number of methoxy groups -OCH3 is 1. The fourth-order valence-corrected chi connectivity index (χ4v) is 2.27. The second kappa shape index (κ2) is 7.11. The molecule has 122 valence electrons. The molecule has 2 atom stereocenters. The third kappa shape index (κ3) is 3.78. The molecule has 0 aliphatic rings. The SMILES string of the molecule is COc1ccc2cc(C(C)C(=O)N[C@@H](CO)C(=O)O)ccc2c1. The number of ether oxygens (including phenoxy) is 1. The van der Waals surface area contributed by atoms with Gasteiger partial charge >= 0.3 is 5.97 Å². The Morgan fingerprint density at radius 2 is 1.83 bits per heavy atom. The maximum absolute atomic E-state index is 12.1. The van der Waals surface area contributed by atoms with Crippen LogP contribution in [0.15, 0.2) is 36.4 Å². The Hall–Kier alpha value is -2.60. The molecule has 2 rings (SSSR count). The summed E-state index contributed by atoms with van der Waals surface area (Å²) in [6.07, 6.45) is 0. The van der Waals surface area contributed by atoms with E-state index in [0.717, 1.165) is 22.1 Å². The summed E-state index contributed by atoms with van der Waals surface area (Å²) in [6.45, 7) is 1.04. The molecule has 0 radical (unpaired) electrons. The quantitative estimate of drug-likeness (QED) is 0.750. The summed E-state index contributed by atoms with van der Waals surface area (Å²) in [7, 11) is 1.60. The number of hydrogen-bond donors (Lipinski definition) is 3. The van der Waals surface area contributed by atoms with Gasteiger partial charge in [-0.05, 0) is 35.4 Å². The summed E-state index contributed by atoms with van der Waals surface area (Å²) in [5.74, 6) is -1.49. The maximum atomic E-state index is 12.1. The van der Waals surface area contributed by atoms with Crippen LogP contribution >= 0.6 is 0 Å². The third-order valence-electron chi connectivity index (χ3n) is 3.76. The van der Waals surface area contributed by atoms with Gasteiger partial charge < -0.3 is 20.3 Å². The van der Waals surface area contributed by atoms with Crippen LogP contribution in [-0.2, 0) is 9.59 Å². The van der Waals surface area contributed by atoms with Crippen molar-refractivity contribution in [2.45, 2.75) is 18.9 Å². The molecule has 1 amide bonds. The summed E-state index contributed by atoms with van der Waals surface area (Å²) in [6, 6.07) is 9.93. The molecule has 2 aromatic rings. The summed E-state index contributed by atoms with van der Waals surface area (Å²) in [5.41, 5.74) is 0.766. The standard InChI is InChI=1S/C17H19NO5/c1-10(16(20)18-15(9-19)17(21)22)11-3-4-13-8-14(23-2)6-5-12(13)7-11/h3-8,10,15,19H,9H2,1-2H3,(H,18,20)(H,21,22)/t10?,15-/m0/s1. The van der Waals surface area contributed by atoms with Gasteiger partial charge in [-0.1, -0.05) is 24.3 Å². The Balaban J connectivity index is 2.21. The van der Waals surface area contributed by atoms with Crippen molar-refractivity contribution in [1.82, 2.24) is 5.32 Å². The average Bonchev–Trinajstić information content (AvgIpc) is 2.57. The van der Waals surface area contributed by atoms with Crippen LogP contribution in [0.3, 0.4) is 0 Å². The number of carbonyl (C=O) groups excluding carboxylic acids is 1. The van der Waals surface area contributed by atoms with Crippen LogP contribution in [0, 0.1) is 0 Å². The fourth-order valence-electron chi connectivity index (χ4n) is 2.27. The van der Waals surface area contributed by atoms with Crippen molar-refractivity contribution < 1.29 is 24.5 Å². The van der Waals surface area contributed by atoms with Gasteiger partial charge in [0.15, 0.2) is 0 Å². The maximum Gasteiger partial charge on any atom is 0.328 e. The van der Waals surface area contributed by atoms with Gasteiger partial charge in [0.05, 0.1) is 19.6 Å². The first-order valence-corrected chi connectivity index (χ1v) is 7.18. The molecule has 0 saturated heterocycles. The van der Waals surface area contributed by atoms with E-state index in [0.29, 0.717) is 0 Å². The minimum absolute atomic E-state index is 0.445. The number of aliphatic carboxylic acids is 1. The van der Waals surface area contributed by atoms with Crippen LogP contribution in [0.25, 0.3) is 10.8 Å². The Morgan fingerprint density at radius 1 is 1.17 bits per heavy atom. The highest BCUT2D eigenvalue weighted by atomic mass is 16.5. The molecule has 0 aliphatic heterocycles. The Labute approximate surface area is 133 Å². The normalized spacial score (nSPS) is 13.3. The van der Waals surface area contributed by atoms with E-state index >= 15 is 0 Å². The van der Waals surface area contributed by atoms with E-state index in [2.05, 4.69) is 5.32 Å². The van der Waals surface area contributed by atoms with Gasteiger partial charge in [-0.2, -0.15) is 0 Å². The van der Waals surface area contributed by atoms with Crippen LogP contribution in [0.2, 0.25) is 0 Å². The van der Waals surface area contributed by atoms with Crippen LogP contribution in [-0.4, -0.2) is 41.8 Å². The summed E-state index contributed by atoms with van der Waals surface area (Å²) >= 11 is 0. The first-order valence-electron chi connectivity index (χ1n) is 7.18. The highest BCUT2D eigenvalue weighted by Gasteiger charge is 2.23. The number of carboxylic acid groups (broad SMARTS) is 1. The zero-order valence-electron chi connectivity index (χ0n) is 12.9. The van der Waals surface area contributed by atoms with Crippen molar-refractivity contribution in [1.29, 1.82) is 0 Å². The van der Waals surface area contributed by atoms with Crippen LogP contribution in [0.1, 0.15) is 18.4 Å². The van der Waals surface area contributed by atoms with Crippen LogP contribution in [0.5, 0.6) is 5.75 Å².